The highest BCUT2D eigenvalue weighted by Crippen LogP contribution is 2.35. The summed E-state index contributed by atoms with van der Waals surface area (Å²) >= 11 is 0. The van der Waals surface area contributed by atoms with Gasteiger partial charge in [0.05, 0.1) is 18.8 Å². The number of hydrogen-bond acceptors (Lipinski definition) is 4. The topological polar surface area (TPSA) is 50.8 Å². The van der Waals surface area contributed by atoms with E-state index in [0.717, 1.165) is 29.8 Å². The lowest BCUT2D eigenvalue weighted by Gasteiger charge is -2.42. The minimum Gasteiger partial charge on any atom is -0.349 e. The Kier molecular flexibility index (Phi) is 6.79. The molecule has 2 aliphatic rings. The average molecular weight is 435 g/mol. The second kappa shape index (κ2) is 9.57. The van der Waals surface area contributed by atoms with Crippen molar-refractivity contribution < 1.29 is 14.3 Å². The van der Waals surface area contributed by atoms with E-state index in [0.29, 0.717) is 13.2 Å². The second-order valence-corrected chi connectivity index (χ2v) is 9.74. The Hall–Kier alpha value is -2.47. The van der Waals surface area contributed by atoms with Crippen LogP contribution < -0.4 is 5.32 Å². The van der Waals surface area contributed by atoms with E-state index in [1.165, 1.54) is 5.56 Å². The lowest BCUT2D eigenvalue weighted by atomic mass is 9.86. The molecular weight excluding hydrogens is 400 g/mol. The molecule has 2 heterocycles. The Bertz CT molecular complexity index is 964. The quantitative estimate of drug-likeness (QED) is 0.726. The molecule has 1 amide bonds. The molecule has 5 heteroatoms. The molecule has 4 rings (SSSR count). The fourth-order valence-electron chi connectivity index (χ4n) is 4.39. The molecule has 1 N–H and O–H groups in total. The fraction of sp³-hybridized carbons (Fsp3) is 0.444. The molecular formula is C27H34N2O3. The van der Waals surface area contributed by atoms with Crippen molar-refractivity contribution in [1.82, 2.24) is 10.2 Å². The summed E-state index contributed by atoms with van der Waals surface area (Å²) in [6.07, 6.45) is 1.21. The standard InChI is InChI=1S/C27H34N2O3/c1-19(22-11-8-12-23(16-22)27(2,3)4)32-26-25(21-9-6-5-7-10-21)29(13-14-31-26)18-20-15-24(30)28-17-20/h5-12,15-16,19,25-26H,13-14,17-18H2,1-4H3,(H,28,30)/t19-,25?,26?/m1/s1. The van der Waals surface area contributed by atoms with Crippen LogP contribution in [0.2, 0.25) is 0 Å². The van der Waals surface area contributed by atoms with Gasteiger partial charge >= 0.3 is 0 Å². The molecule has 3 atom stereocenters. The molecule has 0 saturated carbocycles. The van der Waals surface area contributed by atoms with E-state index in [-0.39, 0.29) is 23.5 Å². The number of nitrogens with one attached hydrogen (secondary N) is 1. The van der Waals surface area contributed by atoms with E-state index >= 15 is 0 Å². The van der Waals surface area contributed by atoms with Gasteiger partial charge in [-0.25, -0.2) is 0 Å². The maximum Gasteiger partial charge on any atom is 0.244 e. The molecule has 1 saturated heterocycles. The van der Waals surface area contributed by atoms with Crippen LogP contribution in [0.25, 0.3) is 0 Å². The average Bonchev–Trinajstić information content (AvgIpc) is 3.18. The molecule has 0 bridgehead atoms. The SMILES string of the molecule is C[C@@H](OC1OCCN(CC2=CC(=O)NC2)C1c1ccccc1)c1cccc(C(C)(C)C)c1. The van der Waals surface area contributed by atoms with Gasteiger partial charge in [-0.2, -0.15) is 0 Å². The van der Waals surface area contributed by atoms with Gasteiger partial charge < -0.3 is 14.8 Å². The fourth-order valence-corrected chi connectivity index (χ4v) is 4.39. The van der Waals surface area contributed by atoms with E-state index < -0.39 is 6.29 Å². The van der Waals surface area contributed by atoms with Crippen molar-refractivity contribution in [3.8, 4) is 0 Å². The van der Waals surface area contributed by atoms with Gasteiger partial charge in [-0.1, -0.05) is 75.4 Å². The van der Waals surface area contributed by atoms with E-state index in [1.807, 2.05) is 6.07 Å². The zero-order valence-corrected chi connectivity index (χ0v) is 19.5. The molecule has 0 radical (unpaired) electrons. The molecule has 32 heavy (non-hydrogen) atoms. The van der Waals surface area contributed by atoms with Gasteiger partial charge in [0.2, 0.25) is 5.91 Å². The number of rotatable bonds is 6. The number of benzene rings is 2. The Balaban J connectivity index is 1.57. The predicted molar refractivity (Wildman–Crippen MR) is 126 cm³/mol. The monoisotopic (exact) mass is 434 g/mol. The summed E-state index contributed by atoms with van der Waals surface area (Å²) in [4.78, 5) is 14.0. The summed E-state index contributed by atoms with van der Waals surface area (Å²) in [5.41, 5.74) is 4.79. The Labute approximate surface area is 191 Å². The first-order valence-corrected chi connectivity index (χ1v) is 11.4. The molecule has 2 unspecified atom stereocenters. The van der Waals surface area contributed by atoms with E-state index in [9.17, 15) is 4.79 Å². The minimum absolute atomic E-state index is 0.00956. The first kappa shape index (κ1) is 22.7. The van der Waals surface area contributed by atoms with Gasteiger partial charge in [-0.3, -0.25) is 9.69 Å². The summed E-state index contributed by atoms with van der Waals surface area (Å²) < 4.78 is 12.7. The molecule has 2 aliphatic heterocycles. The number of nitrogens with zero attached hydrogens (tertiary/aromatic N) is 1. The zero-order chi connectivity index (χ0) is 22.7. The maximum atomic E-state index is 11.7. The third-order valence-corrected chi connectivity index (χ3v) is 6.24. The largest absolute Gasteiger partial charge is 0.349 e. The van der Waals surface area contributed by atoms with Crippen molar-refractivity contribution in [2.45, 2.75) is 51.5 Å². The highest BCUT2D eigenvalue weighted by atomic mass is 16.7. The van der Waals surface area contributed by atoms with Crippen molar-refractivity contribution >= 4 is 5.91 Å². The summed E-state index contributed by atoms with van der Waals surface area (Å²) in [6.45, 7) is 11.5. The normalized spacial score (nSPS) is 23.0. The molecule has 2 aromatic rings. The molecule has 0 aliphatic carbocycles. The molecule has 0 spiro atoms. The van der Waals surface area contributed by atoms with Gasteiger partial charge in [-0.05, 0) is 34.6 Å². The van der Waals surface area contributed by atoms with Gasteiger partial charge in [-0.15, -0.1) is 0 Å². The molecule has 1 fully saturated rings. The van der Waals surface area contributed by atoms with Crippen molar-refractivity contribution in [1.29, 1.82) is 0 Å². The molecule has 170 valence electrons. The van der Waals surface area contributed by atoms with Crippen LogP contribution in [0, 0.1) is 0 Å². The van der Waals surface area contributed by atoms with Crippen LogP contribution in [0.5, 0.6) is 0 Å². The Morgan fingerprint density at radius 1 is 1.16 bits per heavy atom. The lowest BCUT2D eigenvalue weighted by Crippen LogP contribution is -2.47. The van der Waals surface area contributed by atoms with Crippen LogP contribution in [0.1, 0.15) is 56.5 Å². The number of hydrogen-bond donors (Lipinski definition) is 1. The van der Waals surface area contributed by atoms with Crippen molar-refractivity contribution in [2.24, 2.45) is 0 Å². The van der Waals surface area contributed by atoms with Gasteiger partial charge in [0.1, 0.15) is 0 Å². The summed E-state index contributed by atoms with van der Waals surface area (Å²) in [7, 11) is 0. The van der Waals surface area contributed by atoms with Gasteiger partial charge in [0.15, 0.2) is 6.29 Å². The Morgan fingerprint density at radius 3 is 2.62 bits per heavy atom. The lowest BCUT2D eigenvalue weighted by molar-refractivity contribution is -0.228. The number of amides is 1. The number of morpholine rings is 1. The predicted octanol–water partition coefficient (Wildman–Crippen LogP) is 4.52. The third-order valence-electron chi connectivity index (χ3n) is 6.24. The van der Waals surface area contributed by atoms with Crippen LogP contribution in [0.15, 0.2) is 66.2 Å². The Morgan fingerprint density at radius 2 is 1.94 bits per heavy atom. The van der Waals surface area contributed by atoms with Crippen molar-refractivity contribution in [2.75, 3.05) is 26.2 Å². The third kappa shape index (κ3) is 5.29. The highest BCUT2D eigenvalue weighted by Gasteiger charge is 2.36. The first-order chi connectivity index (χ1) is 15.3. The molecule has 0 aromatic heterocycles. The highest BCUT2D eigenvalue weighted by molar-refractivity contribution is 5.91. The summed E-state index contributed by atoms with van der Waals surface area (Å²) in [5, 5.41) is 2.88. The number of carbonyl (C=O) groups is 1. The van der Waals surface area contributed by atoms with E-state index in [2.05, 4.69) is 86.4 Å². The van der Waals surface area contributed by atoms with Crippen molar-refractivity contribution in [3.05, 3.63) is 82.9 Å². The van der Waals surface area contributed by atoms with Crippen LogP contribution >= 0.6 is 0 Å². The van der Waals surface area contributed by atoms with Crippen LogP contribution in [-0.2, 0) is 19.7 Å². The van der Waals surface area contributed by atoms with E-state index in [4.69, 9.17) is 9.47 Å². The van der Waals surface area contributed by atoms with Gasteiger partial charge in [0, 0.05) is 25.7 Å². The second-order valence-electron chi connectivity index (χ2n) is 9.74. The maximum absolute atomic E-state index is 11.7. The van der Waals surface area contributed by atoms with E-state index in [1.54, 1.807) is 6.08 Å². The number of carbonyl (C=O) groups excluding carboxylic acids is 1. The molecule has 2 aromatic carbocycles. The number of ether oxygens (including phenoxy) is 2. The van der Waals surface area contributed by atoms with Gasteiger partial charge in [0.25, 0.3) is 0 Å². The summed E-state index contributed by atoms with van der Waals surface area (Å²) in [5.74, 6) is -0.00956. The minimum atomic E-state index is -0.398. The smallest absolute Gasteiger partial charge is 0.244 e. The van der Waals surface area contributed by atoms with Crippen LogP contribution in [0.3, 0.4) is 0 Å². The molecule has 5 nitrogen and oxygen atoms in total. The van der Waals surface area contributed by atoms with Crippen LogP contribution in [0.4, 0.5) is 0 Å². The zero-order valence-electron chi connectivity index (χ0n) is 19.5. The first-order valence-electron chi connectivity index (χ1n) is 11.4. The van der Waals surface area contributed by atoms with Crippen molar-refractivity contribution in [3.63, 3.8) is 0 Å². The van der Waals surface area contributed by atoms with Crippen LogP contribution in [-0.4, -0.2) is 43.3 Å². The summed E-state index contributed by atoms with van der Waals surface area (Å²) in [6, 6.07) is 19.0.